The van der Waals surface area contributed by atoms with Crippen LogP contribution in [-0.2, 0) is 20.7 Å². The van der Waals surface area contributed by atoms with Crippen LogP contribution in [0.1, 0.15) is 45.1 Å². The first-order valence-corrected chi connectivity index (χ1v) is 9.47. The lowest BCUT2D eigenvalue weighted by molar-refractivity contribution is -0.167. The van der Waals surface area contributed by atoms with Gasteiger partial charge in [0.2, 0.25) is 0 Å². The first-order chi connectivity index (χ1) is 12.9. The highest BCUT2D eigenvalue weighted by Crippen LogP contribution is 2.41. The summed E-state index contributed by atoms with van der Waals surface area (Å²) < 4.78 is 5.98. The van der Waals surface area contributed by atoms with Crippen LogP contribution in [0.5, 0.6) is 0 Å². The minimum Gasteiger partial charge on any atom is -0.479 e. The largest absolute Gasteiger partial charge is 0.479 e. The molecule has 0 saturated heterocycles. The molecule has 1 aliphatic rings. The highest BCUT2D eigenvalue weighted by atomic mass is 16.5. The average molecular weight is 372 g/mol. The number of carbonyl (C=O) groups is 2. The Balaban J connectivity index is 2.38. The lowest BCUT2D eigenvalue weighted by atomic mass is 9.70. The molecule has 1 aromatic carbocycles. The molecule has 5 nitrogen and oxygen atoms in total. The van der Waals surface area contributed by atoms with Crippen LogP contribution < -0.4 is 0 Å². The molecule has 0 aromatic heterocycles. The van der Waals surface area contributed by atoms with Gasteiger partial charge in [-0.3, -0.25) is 0 Å². The lowest BCUT2D eigenvalue weighted by Crippen LogP contribution is -2.53. The topological polar surface area (TPSA) is 83.8 Å². The van der Waals surface area contributed by atoms with E-state index in [4.69, 9.17) is 4.74 Å². The van der Waals surface area contributed by atoms with Crippen molar-refractivity contribution < 1.29 is 24.5 Å². The number of unbranched alkanes of at least 4 members (excludes halogenated alkanes) is 3. The van der Waals surface area contributed by atoms with E-state index in [-0.39, 0.29) is 18.6 Å². The zero-order valence-corrected chi connectivity index (χ0v) is 16.0. The Labute approximate surface area is 160 Å². The van der Waals surface area contributed by atoms with Gasteiger partial charge in [0.05, 0.1) is 0 Å². The van der Waals surface area contributed by atoms with Crippen LogP contribution in [0.15, 0.2) is 53.6 Å². The molecular formula is C22H28O5. The first kappa shape index (κ1) is 20.9. The molecule has 0 fully saturated rings. The van der Waals surface area contributed by atoms with Crippen molar-refractivity contribution >= 4 is 11.9 Å². The van der Waals surface area contributed by atoms with Gasteiger partial charge < -0.3 is 14.9 Å². The number of allylic oxidation sites excluding steroid dienone is 2. The van der Waals surface area contributed by atoms with Crippen LogP contribution in [-0.4, -0.2) is 34.4 Å². The third-order valence-corrected chi connectivity index (χ3v) is 5.14. The Bertz CT molecular complexity index is 719. The van der Waals surface area contributed by atoms with Crippen molar-refractivity contribution in [1.82, 2.24) is 0 Å². The summed E-state index contributed by atoms with van der Waals surface area (Å²) in [4.78, 5) is 24.2. The van der Waals surface area contributed by atoms with E-state index in [1.807, 2.05) is 30.3 Å². The number of benzene rings is 1. The molecule has 0 bridgehead atoms. The highest BCUT2D eigenvalue weighted by Gasteiger charge is 2.52. The molecule has 2 unspecified atom stereocenters. The molecule has 2 atom stereocenters. The van der Waals surface area contributed by atoms with E-state index < -0.39 is 23.5 Å². The number of aliphatic carboxylic acids is 2. The van der Waals surface area contributed by atoms with Gasteiger partial charge in [-0.15, -0.1) is 0 Å². The normalized spacial score (nSPS) is 22.1. The predicted molar refractivity (Wildman–Crippen MR) is 104 cm³/mol. The predicted octanol–water partition coefficient (Wildman–Crippen LogP) is 4.24. The van der Waals surface area contributed by atoms with Gasteiger partial charge in [0.1, 0.15) is 0 Å². The van der Waals surface area contributed by atoms with Gasteiger partial charge in [-0.05, 0) is 30.9 Å². The van der Waals surface area contributed by atoms with Crippen LogP contribution >= 0.6 is 0 Å². The molecule has 146 valence electrons. The number of hydrogen-bond acceptors (Lipinski definition) is 3. The van der Waals surface area contributed by atoms with Gasteiger partial charge in [-0.1, -0.05) is 68.7 Å². The molecule has 0 heterocycles. The van der Waals surface area contributed by atoms with Crippen molar-refractivity contribution in [3.05, 3.63) is 59.2 Å². The maximum absolute atomic E-state index is 12.4. The molecule has 2 N–H and O–H groups in total. The first-order valence-electron chi connectivity index (χ1n) is 9.47. The molecule has 0 radical (unpaired) electrons. The lowest BCUT2D eigenvalue weighted by Gasteiger charge is -2.40. The third kappa shape index (κ3) is 4.66. The quantitative estimate of drug-likeness (QED) is 0.600. The van der Waals surface area contributed by atoms with Gasteiger partial charge in [0.25, 0.3) is 0 Å². The second kappa shape index (κ2) is 9.51. The number of hydrogen-bond donors (Lipinski definition) is 2. The summed E-state index contributed by atoms with van der Waals surface area (Å²) >= 11 is 0. The van der Waals surface area contributed by atoms with Crippen molar-refractivity contribution in [1.29, 1.82) is 0 Å². The standard InChI is InChI=1S/C22H28O5/c1-3-4-5-9-14-27-22(21(25)26)16(2)12-13-18(20(23)24)19(22)15-17-10-7-6-8-11-17/h6-8,10-13,19H,3-5,9,14-15H2,1-2H3,(H,23,24)(H,25,26). The number of carboxylic acid groups (broad SMARTS) is 2. The molecule has 27 heavy (non-hydrogen) atoms. The van der Waals surface area contributed by atoms with Crippen molar-refractivity contribution in [2.45, 2.75) is 51.6 Å². The monoisotopic (exact) mass is 372 g/mol. The SMILES string of the molecule is CCCCCCOC1(C(=O)O)C(C)=CC=C(C(=O)O)C1Cc1ccccc1. The van der Waals surface area contributed by atoms with Gasteiger partial charge >= 0.3 is 11.9 Å². The second-order valence-corrected chi connectivity index (χ2v) is 6.97. The van der Waals surface area contributed by atoms with E-state index >= 15 is 0 Å². The zero-order chi connectivity index (χ0) is 19.9. The van der Waals surface area contributed by atoms with Crippen molar-refractivity contribution in [3.8, 4) is 0 Å². The summed E-state index contributed by atoms with van der Waals surface area (Å²) in [6.07, 6.45) is 7.20. The maximum Gasteiger partial charge on any atom is 0.340 e. The molecule has 1 aliphatic carbocycles. The molecule has 5 heteroatoms. The van der Waals surface area contributed by atoms with E-state index in [1.54, 1.807) is 13.0 Å². The number of rotatable bonds is 10. The molecule has 1 aromatic rings. The second-order valence-electron chi connectivity index (χ2n) is 6.97. The van der Waals surface area contributed by atoms with Gasteiger partial charge in [-0.2, -0.15) is 0 Å². The fourth-order valence-electron chi connectivity index (χ4n) is 3.63. The smallest absolute Gasteiger partial charge is 0.340 e. The number of carboxylic acids is 2. The van der Waals surface area contributed by atoms with Crippen molar-refractivity contribution in [3.63, 3.8) is 0 Å². The van der Waals surface area contributed by atoms with Crippen LogP contribution in [0.4, 0.5) is 0 Å². The Hall–Kier alpha value is -2.40. The summed E-state index contributed by atoms with van der Waals surface area (Å²) in [7, 11) is 0. The van der Waals surface area contributed by atoms with Crippen molar-refractivity contribution in [2.24, 2.45) is 5.92 Å². The fraction of sp³-hybridized carbons (Fsp3) is 0.455. The molecule has 0 saturated carbocycles. The minimum absolute atomic E-state index is 0.0698. The third-order valence-electron chi connectivity index (χ3n) is 5.14. The highest BCUT2D eigenvalue weighted by molar-refractivity contribution is 5.93. The van der Waals surface area contributed by atoms with Crippen LogP contribution in [0, 0.1) is 5.92 Å². The molecule has 0 amide bonds. The Kier molecular flexibility index (Phi) is 7.36. The summed E-state index contributed by atoms with van der Waals surface area (Å²) in [6.45, 7) is 4.09. The Morgan fingerprint density at radius 1 is 1.07 bits per heavy atom. The fourth-order valence-corrected chi connectivity index (χ4v) is 3.63. The van der Waals surface area contributed by atoms with Gasteiger partial charge in [0.15, 0.2) is 5.60 Å². The van der Waals surface area contributed by atoms with Crippen LogP contribution in [0.2, 0.25) is 0 Å². The van der Waals surface area contributed by atoms with Crippen molar-refractivity contribution in [2.75, 3.05) is 6.61 Å². The summed E-state index contributed by atoms with van der Waals surface area (Å²) in [5.41, 5.74) is -0.189. The van der Waals surface area contributed by atoms with E-state index in [2.05, 4.69) is 6.92 Å². The Morgan fingerprint density at radius 2 is 1.78 bits per heavy atom. The summed E-state index contributed by atoms with van der Waals surface area (Å²) in [6, 6.07) is 9.35. The number of ether oxygens (including phenoxy) is 1. The van der Waals surface area contributed by atoms with E-state index in [0.29, 0.717) is 5.57 Å². The minimum atomic E-state index is -1.66. The summed E-state index contributed by atoms with van der Waals surface area (Å²) in [5.74, 6) is -3.05. The summed E-state index contributed by atoms with van der Waals surface area (Å²) in [5, 5.41) is 19.8. The zero-order valence-electron chi connectivity index (χ0n) is 16.0. The van der Waals surface area contributed by atoms with Gasteiger partial charge in [-0.25, -0.2) is 9.59 Å². The van der Waals surface area contributed by atoms with Gasteiger partial charge in [0, 0.05) is 18.1 Å². The van der Waals surface area contributed by atoms with E-state index in [9.17, 15) is 19.8 Å². The molecule has 2 rings (SSSR count). The molecular weight excluding hydrogens is 344 g/mol. The molecule has 0 spiro atoms. The average Bonchev–Trinajstić information content (AvgIpc) is 2.64. The molecule has 0 aliphatic heterocycles. The van der Waals surface area contributed by atoms with Crippen LogP contribution in [0.25, 0.3) is 0 Å². The maximum atomic E-state index is 12.4. The van der Waals surface area contributed by atoms with Crippen LogP contribution in [0.3, 0.4) is 0 Å². The van der Waals surface area contributed by atoms with E-state index in [1.165, 1.54) is 6.08 Å². The Morgan fingerprint density at radius 3 is 2.37 bits per heavy atom. The van der Waals surface area contributed by atoms with E-state index in [0.717, 1.165) is 31.2 Å².